The number of hydrogen-bond acceptors (Lipinski definition) is 4. The van der Waals surface area contributed by atoms with Crippen molar-refractivity contribution in [3.05, 3.63) is 36.8 Å². The summed E-state index contributed by atoms with van der Waals surface area (Å²) in [6, 6.07) is 6.71. The Morgan fingerprint density at radius 1 is 1.29 bits per heavy atom. The fourth-order valence-electron chi connectivity index (χ4n) is 1.14. The van der Waals surface area contributed by atoms with E-state index in [0.717, 1.165) is 5.75 Å². The standard InChI is InChI=1S/C13H17O4/c1-4-9-15-17-13(14)11-5-7-12(8-6-11)16-10(2)3/h5-8,10H,1,4,9H2,2-3H3. The maximum Gasteiger partial charge on any atom is 0.373 e. The van der Waals surface area contributed by atoms with Crippen LogP contribution in [0, 0.1) is 6.92 Å². The van der Waals surface area contributed by atoms with Crippen LogP contribution in [-0.4, -0.2) is 18.7 Å². The Morgan fingerprint density at radius 3 is 2.47 bits per heavy atom. The molecule has 0 aliphatic rings. The normalized spacial score (nSPS) is 10.4. The quantitative estimate of drug-likeness (QED) is 0.433. The zero-order valence-corrected chi connectivity index (χ0v) is 10.1. The molecule has 0 amide bonds. The molecule has 17 heavy (non-hydrogen) atoms. The molecule has 0 fully saturated rings. The minimum absolute atomic E-state index is 0.105. The number of benzene rings is 1. The molecule has 0 saturated carbocycles. The van der Waals surface area contributed by atoms with Crippen molar-refractivity contribution in [2.75, 3.05) is 6.61 Å². The van der Waals surface area contributed by atoms with E-state index in [1.807, 2.05) is 13.8 Å². The van der Waals surface area contributed by atoms with Crippen LogP contribution < -0.4 is 4.74 Å². The molecular weight excluding hydrogens is 220 g/mol. The Kier molecular flexibility index (Phi) is 5.49. The van der Waals surface area contributed by atoms with Crippen molar-refractivity contribution in [1.29, 1.82) is 0 Å². The SMILES string of the molecule is [CH2]CCOOC(=O)c1ccc(OC(C)C)cc1. The summed E-state index contributed by atoms with van der Waals surface area (Å²) in [7, 11) is 0. The lowest BCUT2D eigenvalue weighted by molar-refractivity contribution is -0.239. The molecule has 4 nitrogen and oxygen atoms in total. The predicted octanol–water partition coefficient (Wildman–Crippen LogP) is 2.79. The molecule has 0 heterocycles. The third-order valence-electron chi connectivity index (χ3n) is 1.82. The molecule has 1 radical (unpaired) electrons. The third kappa shape index (κ3) is 4.87. The van der Waals surface area contributed by atoms with Gasteiger partial charge in [-0.05, 0) is 44.5 Å². The minimum Gasteiger partial charge on any atom is -0.491 e. The van der Waals surface area contributed by atoms with Gasteiger partial charge in [0.1, 0.15) is 5.75 Å². The second kappa shape index (κ2) is 6.91. The summed E-state index contributed by atoms with van der Waals surface area (Å²) in [4.78, 5) is 20.7. The van der Waals surface area contributed by atoms with E-state index >= 15 is 0 Å². The second-order valence-corrected chi connectivity index (χ2v) is 3.74. The Hall–Kier alpha value is -1.55. The predicted molar refractivity (Wildman–Crippen MR) is 63.5 cm³/mol. The molecule has 0 aromatic heterocycles. The lowest BCUT2D eigenvalue weighted by Gasteiger charge is -2.09. The molecule has 1 rings (SSSR count). The zero-order chi connectivity index (χ0) is 12.7. The maximum atomic E-state index is 11.4. The molecular formula is C13H17O4. The van der Waals surface area contributed by atoms with Crippen LogP contribution in [0.15, 0.2) is 24.3 Å². The lowest BCUT2D eigenvalue weighted by Crippen LogP contribution is -2.08. The molecule has 0 bridgehead atoms. The maximum absolute atomic E-state index is 11.4. The number of carbonyl (C=O) groups excluding carboxylic acids is 1. The van der Waals surface area contributed by atoms with Gasteiger partial charge in [-0.15, -0.1) is 0 Å². The minimum atomic E-state index is -0.519. The van der Waals surface area contributed by atoms with Gasteiger partial charge in [0.05, 0.1) is 18.3 Å². The van der Waals surface area contributed by atoms with Crippen molar-refractivity contribution in [2.24, 2.45) is 0 Å². The van der Waals surface area contributed by atoms with E-state index in [4.69, 9.17) is 4.74 Å². The molecule has 0 aliphatic carbocycles. The van der Waals surface area contributed by atoms with E-state index in [1.54, 1.807) is 24.3 Å². The molecule has 0 aliphatic heterocycles. The summed E-state index contributed by atoms with van der Waals surface area (Å²) in [5.41, 5.74) is 0.421. The highest BCUT2D eigenvalue weighted by molar-refractivity contribution is 5.89. The van der Waals surface area contributed by atoms with E-state index < -0.39 is 5.97 Å². The fraction of sp³-hybridized carbons (Fsp3) is 0.385. The summed E-state index contributed by atoms with van der Waals surface area (Å²) in [6.45, 7) is 7.73. The highest BCUT2D eigenvalue weighted by Gasteiger charge is 2.08. The third-order valence-corrected chi connectivity index (χ3v) is 1.82. The zero-order valence-electron chi connectivity index (χ0n) is 10.1. The molecule has 1 aromatic rings. The van der Waals surface area contributed by atoms with Crippen molar-refractivity contribution in [1.82, 2.24) is 0 Å². The fourth-order valence-corrected chi connectivity index (χ4v) is 1.14. The van der Waals surface area contributed by atoms with Gasteiger partial charge in [0, 0.05) is 0 Å². The molecule has 0 unspecified atom stereocenters. The largest absolute Gasteiger partial charge is 0.491 e. The van der Waals surface area contributed by atoms with Gasteiger partial charge in [-0.25, -0.2) is 4.79 Å². The van der Waals surface area contributed by atoms with Crippen LogP contribution in [0.5, 0.6) is 5.75 Å². The monoisotopic (exact) mass is 237 g/mol. The summed E-state index contributed by atoms with van der Waals surface area (Å²) >= 11 is 0. The van der Waals surface area contributed by atoms with Crippen molar-refractivity contribution >= 4 is 5.97 Å². The van der Waals surface area contributed by atoms with Gasteiger partial charge in [-0.1, -0.05) is 6.92 Å². The summed E-state index contributed by atoms with van der Waals surface area (Å²) in [5.74, 6) is 0.199. The second-order valence-electron chi connectivity index (χ2n) is 3.74. The van der Waals surface area contributed by atoms with E-state index in [0.29, 0.717) is 18.6 Å². The van der Waals surface area contributed by atoms with Crippen LogP contribution in [0.1, 0.15) is 30.6 Å². The smallest absolute Gasteiger partial charge is 0.373 e. The van der Waals surface area contributed by atoms with Gasteiger partial charge in [0.25, 0.3) is 0 Å². The molecule has 0 spiro atoms. The Bertz CT molecular complexity index is 343. The van der Waals surface area contributed by atoms with Gasteiger partial charge in [0.15, 0.2) is 0 Å². The van der Waals surface area contributed by atoms with Crippen LogP contribution in [0.2, 0.25) is 0 Å². The van der Waals surface area contributed by atoms with Gasteiger partial charge >= 0.3 is 5.97 Å². The van der Waals surface area contributed by atoms with E-state index in [2.05, 4.69) is 16.7 Å². The van der Waals surface area contributed by atoms with Crippen LogP contribution in [0.3, 0.4) is 0 Å². The first-order valence-electron chi connectivity index (χ1n) is 5.53. The molecule has 0 saturated heterocycles. The van der Waals surface area contributed by atoms with Gasteiger partial charge < -0.3 is 4.74 Å². The van der Waals surface area contributed by atoms with Gasteiger partial charge in [-0.3, -0.25) is 4.89 Å². The molecule has 0 atom stereocenters. The topological polar surface area (TPSA) is 44.8 Å². The highest BCUT2D eigenvalue weighted by atomic mass is 17.2. The van der Waals surface area contributed by atoms with Gasteiger partial charge in [0.2, 0.25) is 0 Å². The van der Waals surface area contributed by atoms with Crippen molar-refractivity contribution in [2.45, 2.75) is 26.4 Å². The summed E-state index contributed by atoms with van der Waals surface area (Å²) in [6.07, 6.45) is 0.655. The summed E-state index contributed by atoms with van der Waals surface area (Å²) < 4.78 is 5.46. The van der Waals surface area contributed by atoms with Crippen molar-refractivity contribution < 1.29 is 19.3 Å². The first kappa shape index (κ1) is 13.5. The summed E-state index contributed by atoms with van der Waals surface area (Å²) in [5, 5.41) is 0. The lowest BCUT2D eigenvalue weighted by atomic mass is 10.2. The van der Waals surface area contributed by atoms with E-state index in [1.165, 1.54) is 0 Å². The average Bonchev–Trinajstić information content (AvgIpc) is 2.29. The van der Waals surface area contributed by atoms with Crippen molar-refractivity contribution in [3.8, 4) is 5.75 Å². The Balaban J connectivity index is 2.52. The number of rotatable bonds is 6. The Morgan fingerprint density at radius 2 is 1.94 bits per heavy atom. The number of carbonyl (C=O) groups is 1. The highest BCUT2D eigenvalue weighted by Crippen LogP contribution is 2.14. The van der Waals surface area contributed by atoms with Crippen LogP contribution >= 0.6 is 0 Å². The molecule has 93 valence electrons. The van der Waals surface area contributed by atoms with Crippen molar-refractivity contribution in [3.63, 3.8) is 0 Å². The van der Waals surface area contributed by atoms with Gasteiger partial charge in [-0.2, -0.15) is 4.89 Å². The molecule has 1 aromatic carbocycles. The number of ether oxygens (including phenoxy) is 1. The van der Waals surface area contributed by atoms with E-state index in [9.17, 15) is 4.79 Å². The molecule has 4 heteroatoms. The van der Waals surface area contributed by atoms with Crippen LogP contribution in [0.4, 0.5) is 0 Å². The Labute approximate surface area is 101 Å². The van der Waals surface area contributed by atoms with E-state index in [-0.39, 0.29) is 6.10 Å². The number of hydrogen-bond donors (Lipinski definition) is 0. The van der Waals surface area contributed by atoms with Crippen LogP contribution in [-0.2, 0) is 9.78 Å². The average molecular weight is 237 g/mol. The molecule has 0 N–H and O–H groups in total. The first-order chi connectivity index (χ1) is 8.13. The van der Waals surface area contributed by atoms with Crippen LogP contribution in [0.25, 0.3) is 0 Å². The first-order valence-corrected chi connectivity index (χ1v) is 5.53.